The zero-order valence-electron chi connectivity index (χ0n) is 11.5. The second kappa shape index (κ2) is 5.66. The molecule has 0 fully saturated rings. The molecule has 0 aliphatic rings. The molecule has 3 rings (SSSR count). The molecule has 0 N–H and O–H groups in total. The zero-order chi connectivity index (χ0) is 13.8. The quantitative estimate of drug-likeness (QED) is 0.698. The molecule has 0 aliphatic carbocycles. The van der Waals surface area contributed by atoms with Crippen LogP contribution < -0.4 is 0 Å². The summed E-state index contributed by atoms with van der Waals surface area (Å²) in [6.45, 7) is 2.18. The number of nitrogens with zero attached hydrogens (tertiary/aromatic N) is 2. The lowest BCUT2D eigenvalue weighted by Crippen LogP contribution is -1.86. The Morgan fingerprint density at radius 2 is 1.60 bits per heavy atom. The third kappa shape index (κ3) is 2.59. The molecular weight excluding hydrogens is 244 g/mol. The molecule has 0 atom stereocenters. The van der Waals surface area contributed by atoms with E-state index in [1.165, 1.54) is 16.7 Å². The maximum atomic E-state index is 4.35. The first-order chi connectivity index (χ1) is 9.86. The van der Waals surface area contributed by atoms with Gasteiger partial charge in [-0.1, -0.05) is 49.4 Å². The van der Waals surface area contributed by atoms with E-state index >= 15 is 0 Å². The highest BCUT2D eigenvalue weighted by atomic mass is 14.8. The van der Waals surface area contributed by atoms with E-state index < -0.39 is 0 Å². The molecule has 3 aromatic rings. The van der Waals surface area contributed by atoms with Crippen molar-refractivity contribution in [1.82, 2.24) is 9.97 Å². The molecular formula is C18H16N2. The van der Waals surface area contributed by atoms with Crippen LogP contribution in [0.2, 0.25) is 0 Å². The highest BCUT2D eigenvalue weighted by Gasteiger charge is 2.03. The molecule has 1 heterocycles. The summed E-state index contributed by atoms with van der Waals surface area (Å²) < 4.78 is 0. The first kappa shape index (κ1) is 12.5. The fourth-order valence-corrected chi connectivity index (χ4v) is 2.28. The van der Waals surface area contributed by atoms with Crippen LogP contribution in [0.3, 0.4) is 0 Å². The van der Waals surface area contributed by atoms with Gasteiger partial charge in [-0.15, -0.1) is 0 Å². The molecule has 2 nitrogen and oxygen atoms in total. The molecule has 1 aromatic heterocycles. The summed E-state index contributed by atoms with van der Waals surface area (Å²) in [6.07, 6.45) is 6.26. The van der Waals surface area contributed by atoms with E-state index in [9.17, 15) is 0 Å². The lowest BCUT2D eigenvalue weighted by atomic mass is 9.99. The third-order valence-corrected chi connectivity index (χ3v) is 3.39. The van der Waals surface area contributed by atoms with E-state index in [1.54, 1.807) is 18.6 Å². The summed E-state index contributed by atoms with van der Waals surface area (Å²) in [5.41, 5.74) is 5.81. The molecule has 98 valence electrons. The molecule has 0 saturated carbocycles. The molecule has 0 radical (unpaired) electrons. The van der Waals surface area contributed by atoms with Crippen molar-refractivity contribution in [3.8, 4) is 22.4 Å². The number of aryl methyl sites for hydroxylation is 1. The summed E-state index contributed by atoms with van der Waals surface area (Å²) in [5.74, 6) is 0. The standard InChI is InChI=1S/C18H16N2/c1-2-14-5-3-6-15(11-14)16-7-4-8-17(12-16)18-13-19-9-10-20-18/h3-13H,2H2,1H3. The van der Waals surface area contributed by atoms with Gasteiger partial charge in [0, 0.05) is 18.0 Å². The van der Waals surface area contributed by atoms with Crippen LogP contribution in [0, 0.1) is 0 Å². The summed E-state index contributed by atoms with van der Waals surface area (Å²) in [5, 5.41) is 0. The first-order valence-corrected chi connectivity index (χ1v) is 6.82. The summed E-state index contributed by atoms with van der Waals surface area (Å²) in [6, 6.07) is 17.1. The van der Waals surface area contributed by atoms with Crippen LogP contribution in [0.25, 0.3) is 22.4 Å². The van der Waals surface area contributed by atoms with Crippen molar-refractivity contribution in [3.05, 3.63) is 72.7 Å². The van der Waals surface area contributed by atoms with Gasteiger partial charge < -0.3 is 0 Å². The molecule has 0 bridgehead atoms. The van der Waals surface area contributed by atoms with Crippen molar-refractivity contribution in [3.63, 3.8) is 0 Å². The second-order valence-corrected chi connectivity index (χ2v) is 4.73. The van der Waals surface area contributed by atoms with Gasteiger partial charge >= 0.3 is 0 Å². The SMILES string of the molecule is CCc1cccc(-c2cccc(-c3cnccn3)c2)c1. The average Bonchev–Trinajstić information content (AvgIpc) is 2.56. The predicted molar refractivity (Wildman–Crippen MR) is 82.3 cm³/mol. The van der Waals surface area contributed by atoms with Crippen LogP contribution in [0.15, 0.2) is 67.1 Å². The van der Waals surface area contributed by atoms with Gasteiger partial charge in [-0.05, 0) is 29.2 Å². The minimum Gasteiger partial charge on any atom is -0.261 e. The predicted octanol–water partition coefficient (Wildman–Crippen LogP) is 4.37. The molecule has 0 unspecified atom stereocenters. The highest BCUT2D eigenvalue weighted by molar-refractivity contribution is 5.71. The van der Waals surface area contributed by atoms with Crippen LogP contribution in [-0.4, -0.2) is 9.97 Å². The van der Waals surface area contributed by atoms with Gasteiger partial charge in [-0.2, -0.15) is 0 Å². The Kier molecular flexibility index (Phi) is 3.55. The lowest BCUT2D eigenvalue weighted by molar-refractivity contribution is 1.14. The van der Waals surface area contributed by atoms with Crippen LogP contribution in [0.5, 0.6) is 0 Å². The van der Waals surface area contributed by atoms with Crippen molar-refractivity contribution in [2.75, 3.05) is 0 Å². The molecule has 2 aromatic carbocycles. The minimum absolute atomic E-state index is 0.904. The fraction of sp³-hybridized carbons (Fsp3) is 0.111. The van der Waals surface area contributed by atoms with E-state index in [-0.39, 0.29) is 0 Å². The minimum atomic E-state index is 0.904. The monoisotopic (exact) mass is 260 g/mol. The molecule has 0 aliphatic heterocycles. The van der Waals surface area contributed by atoms with Gasteiger partial charge in [0.2, 0.25) is 0 Å². The van der Waals surface area contributed by atoms with Gasteiger partial charge in [0.05, 0.1) is 11.9 Å². The van der Waals surface area contributed by atoms with E-state index in [0.29, 0.717) is 0 Å². The van der Waals surface area contributed by atoms with Gasteiger partial charge in [0.1, 0.15) is 0 Å². The van der Waals surface area contributed by atoms with Crippen molar-refractivity contribution < 1.29 is 0 Å². The summed E-state index contributed by atoms with van der Waals surface area (Å²) in [7, 11) is 0. The zero-order valence-corrected chi connectivity index (χ0v) is 11.5. The smallest absolute Gasteiger partial charge is 0.0885 e. The normalized spacial score (nSPS) is 10.4. The molecule has 2 heteroatoms. The van der Waals surface area contributed by atoms with Crippen LogP contribution in [-0.2, 0) is 6.42 Å². The number of hydrogen-bond donors (Lipinski definition) is 0. The van der Waals surface area contributed by atoms with E-state index in [2.05, 4.69) is 65.4 Å². The Hall–Kier alpha value is -2.48. The van der Waals surface area contributed by atoms with Crippen LogP contribution >= 0.6 is 0 Å². The molecule has 0 spiro atoms. The maximum absolute atomic E-state index is 4.35. The fourth-order valence-electron chi connectivity index (χ4n) is 2.28. The highest BCUT2D eigenvalue weighted by Crippen LogP contribution is 2.25. The Labute approximate surface area is 119 Å². The number of rotatable bonds is 3. The Balaban J connectivity index is 2.03. The third-order valence-electron chi connectivity index (χ3n) is 3.39. The van der Waals surface area contributed by atoms with Crippen molar-refractivity contribution in [2.24, 2.45) is 0 Å². The first-order valence-electron chi connectivity index (χ1n) is 6.82. The van der Waals surface area contributed by atoms with Crippen molar-refractivity contribution >= 4 is 0 Å². The Morgan fingerprint density at radius 3 is 2.35 bits per heavy atom. The molecule has 20 heavy (non-hydrogen) atoms. The van der Waals surface area contributed by atoms with Crippen molar-refractivity contribution in [2.45, 2.75) is 13.3 Å². The Bertz CT molecular complexity index is 705. The van der Waals surface area contributed by atoms with E-state index in [1.807, 2.05) is 0 Å². The van der Waals surface area contributed by atoms with Gasteiger partial charge in [0.15, 0.2) is 0 Å². The van der Waals surface area contributed by atoms with Crippen LogP contribution in [0.4, 0.5) is 0 Å². The number of hydrogen-bond acceptors (Lipinski definition) is 2. The van der Waals surface area contributed by atoms with Gasteiger partial charge in [0.25, 0.3) is 0 Å². The van der Waals surface area contributed by atoms with Crippen LogP contribution in [0.1, 0.15) is 12.5 Å². The summed E-state index contributed by atoms with van der Waals surface area (Å²) in [4.78, 5) is 8.48. The van der Waals surface area contributed by atoms with Crippen molar-refractivity contribution in [1.29, 1.82) is 0 Å². The second-order valence-electron chi connectivity index (χ2n) is 4.73. The summed E-state index contributed by atoms with van der Waals surface area (Å²) >= 11 is 0. The average molecular weight is 260 g/mol. The van der Waals surface area contributed by atoms with Gasteiger partial charge in [-0.3, -0.25) is 9.97 Å². The number of aromatic nitrogens is 2. The molecule has 0 saturated heterocycles. The van der Waals surface area contributed by atoms with E-state index in [4.69, 9.17) is 0 Å². The largest absolute Gasteiger partial charge is 0.261 e. The Morgan fingerprint density at radius 1 is 0.850 bits per heavy atom. The van der Waals surface area contributed by atoms with E-state index in [0.717, 1.165) is 17.7 Å². The number of benzene rings is 2. The maximum Gasteiger partial charge on any atom is 0.0885 e. The topological polar surface area (TPSA) is 25.8 Å². The van der Waals surface area contributed by atoms with Gasteiger partial charge in [-0.25, -0.2) is 0 Å². The molecule has 0 amide bonds. The lowest BCUT2D eigenvalue weighted by Gasteiger charge is -2.06.